The lowest BCUT2D eigenvalue weighted by atomic mass is 10.0. The van der Waals surface area contributed by atoms with Gasteiger partial charge in [-0.1, -0.05) is 0 Å². The number of nitrogens with zero attached hydrogens (tertiary/aromatic N) is 2. The van der Waals surface area contributed by atoms with Crippen LogP contribution in [0.1, 0.15) is 20.9 Å². The number of fused-ring (bicyclic) bond motifs is 2. The molecular weight excluding hydrogens is 483 g/mol. The standard InChI is InChI=1S/C23H24F3N5O3S/c1-12-2-3-15-19(27)20(35-22(15)29-12)21(32)30-14-8-13-9-18(34-23(24,25)26)16(10-17(13)33-11-14)31-6-4-28-5-7-31/h2-3,9-10,14,28H,4-8,11,27H2,1H3,(H,30,32)/t14-/m0/s1. The minimum absolute atomic E-state index is 0.182. The lowest BCUT2D eigenvalue weighted by molar-refractivity contribution is -0.274. The van der Waals surface area contributed by atoms with Gasteiger partial charge < -0.3 is 30.7 Å². The van der Waals surface area contributed by atoms with Crippen LogP contribution in [0.4, 0.5) is 24.5 Å². The number of ether oxygens (including phenoxy) is 2. The van der Waals surface area contributed by atoms with Gasteiger partial charge in [0.25, 0.3) is 5.91 Å². The van der Waals surface area contributed by atoms with Crippen molar-refractivity contribution in [2.75, 3.05) is 43.4 Å². The van der Waals surface area contributed by atoms with Gasteiger partial charge in [-0.05, 0) is 31.5 Å². The Morgan fingerprint density at radius 3 is 2.83 bits per heavy atom. The molecule has 2 aliphatic rings. The van der Waals surface area contributed by atoms with E-state index in [0.717, 1.165) is 5.69 Å². The summed E-state index contributed by atoms with van der Waals surface area (Å²) in [6, 6.07) is 6.17. The van der Waals surface area contributed by atoms with Crippen molar-refractivity contribution in [3.05, 3.63) is 40.4 Å². The minimum Gasteiger partial charge on any atom is -0.491 e. The Labute approximate surface area is 203 Å². The average Bonchev–Trinajstić information content (AvgIpc) is 3.13. The number of nitrogen functional groups attached to an aromatic ring is 1. The number of alkyl halides is 3. The monoisotopic (exact) mass is 507 g/mol. The molecule has 0 aliphatic carbocycles. The highest BCUT2D eigenvalue weighted by Gasteiger charge is 2.35. The number of hydrogen-bond donors (Lipinski definition) is 3. The highest BCUT2D eigenvalue weighted by molar-refractivity contribution is 7.21. The zero-order valence-corrected chi connectivity index (χ0v) is 19.7. The number of nitrogens with one attached hydrogen (secondary N) is 2. The molecule has 12 heteroatoms. The molecule has 2 aliphatic heterocycles. The van der Waals surface area contributed by atoms with E-state index < -0.39 is 12.4 Å². The molecule has 4 heterocycles. The van der Waals surface area contributed by atoms with E-state index in [4.69, 9.17) is 10.5 Å². The summed E-state index contributed by atoms with van der Waals surface area (Å²) in [5.41, 5.74) is 8.23. The molecule has 1 aromatic carbocycles. The van der Waals surface area contributed by atoms with Crippen LogP contribution in [0.2, 0.25) is 0 Å². The molecule has 0 saturated carbocycles. The Hall–Kier alpha value is -3.25. The van der Waals surface area contributed by atoms with Gasteiger partial charge in [-0.15, -0.1) is 24.5 Å². The first-order chi connectivity index (χ1) is 16.7. The summed E-state index contributed by atoms with van der Waals surface area (Å²) in [4.78, 5) is 20.2. The van der Waals surface area contributed by atoms with Gasteiger partial charge in [0.05, 0.1) is 17.4 Å². The molecule has 0 radical (unpaired) electrons. The van der Waals surface area contributed by atoms with Crippen molar-refractivity contribution in [1.29, 1.82) is 0 Å². The number of anilines is 2. The number of benzene rings is 1. The number of amides is 1. The van der Waals surface area contributed by atoms with E-state index in [2.05, 4.69) is 20.4 Å². The van der Waals surface area contributed by atoms with Crippen LogP contribution in [-0.4, -0.2) is 56.1 Å². The van der Waals surface area contributed by atoms with E-state index in [1.54, 1.807) is 6.07 Å². The summed E-state index contributed by atoms with van der Waals surface area (Å²) in [5.74, 6) is -0.159. The number of rotatable bonds is 4. The Balaban J connectivity index is 1.37. The van der Waals surface area contributed by atoms with Crippen LogP contribution >= 0.6 is 11.3 Å². The van der Waals surface area contributed by atoms with Crippen LogP contribution in [0.25, 0.3) is 10.2 Å². The van der Waals surface area contributed by atoms with E-state index in [9.17, 15) is 18.0 Å². The summed E-state index contributed by atoms with van der Waals surface area (Å²) >= 11 is 1.20. The van der Waals surface area contributed by atoms with Gasteiger partial charge in [0.2, 0.25) is 0 Å². The number of hydrogen-bond acceptors (Lipinski definition) is 8. The molecule has 0 bridgehead atoms. The second-order valence-corrected chi connectivity index (χ2v) is 9.55. The number of aromatic nitrogens is 1. The second kappa shape index (κ2) is 9.08. The quantitative estimate of drug-likeness (QED) is 0.499. The van der Waals surface area contributed by atoms with Gasteiger partial charge in [0, 0.05) is 48.9 Å². The van der Waals surface area contributed by atoms with Crippen LogP contribution in [0.5, 0.6) is 11.5 Å². The highest BCUT2D eigenvalue weighted by atomic mass is 32.1. The first-order valence-corrected chi connectivity index (χ1v) is 12.0. The molecule has 5 rings (SSSR count). The maximum atomic E-state index is 13.2. The molecule has 1 amide bonds. The number of halogens is 3. The van der Waals surface area contributed by atoms with Crippen molar-refractivity contribution >= 4 is 38.8 Å². The number of carbonyl (C=O) groups is 1. The molecule has 35 heavy (non-hydrogen) atoms. The van der Waals surface area contributed by atoms with E-state index in [1.807, 2.05) is 24.0 Å². The van der Waals surface area contributed by atoms with Crippen LogP contribution in [0.3, 0.4) is 0 Å². The third-order valence-electron chi connectivity index (χ3n) is 6.01. The molecular formula is C23H24F3N5O3S. The number of piperazine rings is 1. The van der Waals surface area contributed by atoms with Crippen LogP contribution in [0, 0.1) is 6.92 Å². The first-order valence-electron chi connectivity index (χ1n) is 11.2. The van der Waals surface area contributed by atoms with Crippen molar-refractivity contribution in [3.8, 4) is 11.5 Å². The number of thiophene rings is 1. The molecule has 0 unspecified atom stereocenters. The predicted octanol–water partition coefficient (Wildman–Crippen LogP) is 3.23. The van der Waals surface area contributed by atoms with Gasteiger partial charge in [-0.25, -0.2) is 4.98 Å². The first kappa shape index (κ1) is 23.5. The van der Waals surface area contributed by atoms with E-state index in [-0.39, 0.29) is 18.3 Å². The van der Waals surface area contributed by atoms with Gasteiger partial charge in [0.15, 0.2) is 5.75 Å². The lowest BCUT2D eigenvalue weighted by Crippen LogP contribution is -2.44. The molecule has 1 fully saturated rings. The lowest BCUT2D eigenvalue weighted by Gasteiger charge is -2.33. The maximum Gasteiger partial charge on any atom is 0.573 e. The SMILES string of the molecule is Cc1ccc2c(N)c(C(=O)N[C@@H]3COc4cc(N5CCNCC5)c(OC(F)(F)F)cc4C3)sc2n1. The molecule has 1 saturated heterocycles. The van der Waals surface area contributed by atoms with Gasteiger partial charge in [-0.3, -0.25) is 4.79 Å². The average molecular weight is 508 g/mol. The van der Waals surface area contributed by atoms with Crippen molar-refractivity contribution in [3.63, 3.8) is 0 Å². The predicted molar refractivity (Wildman–Crippen MR) is 127 cm³/mol. The highest BCUT2D eigenvalue weighted by Crippen LogP contribution is 2.40. The zero-order valence-electron chi connectivity index (χ0n) is 18.9. The van der Waals surface area contributed by atoms with Gasteiger partial charge >= 0.3 is 6.36 Å². The fourth-order valence-electron chi connectivity index (χ4n) is 4.36. The molecule has 4 N–H and O–H groups in total. The van der Waals surface area contributed by atoms with Crippen LogP contribution in [0.15, 0.2) is 24.3 Å². The molecule has 0 spiro atoms. The number of aryl methyl sites for hydroxylation is 1. The maximum absolute atomic E-state index is 13.2. The topological polar surface area (TPSA) is 102 Å². The summed E-state index contributed by atoms with van der Waals surface area (Å²) in [5, 5.41) is 6.79. The molecule has 186 valence electrons. The van der Waals surface area contributed by atoms with Crippen molar-refractivity contribution in [2.45, 2.75) is 25.7 Å². The Morgan fingerprint density at radius 1 is 1.31 bits per heavy atom. The summed E-state index contributed by atoms with van der Waals surface area (Å²) in [6.07, 6.45) is -4.54. The molecule has 1 atom stereocenters. The largest absolute Gasteiger partial charge is 0.573 e. The van der Waals surface area contributed by atoms with Crippen LogP contribution < -0.4 is 30.7 Å². The summed E-state index contributed by atoms with van der Waals surface area (Å²) < 4.78 is 49.7. The molecule has 2 aromatic heterocycles. The van der Waals surface area contributed by atoms with Gasteiger partial charge in [0.1, 0.15) is 22.1 Å². The Kier molecular flexibility index (Phi) is 6.09. The summed E-state index contributed by atoms with van der Waals surface area (Å²) in [6.45, 7) is 4.46. The van der Waals surface area contributed by atoms with Crippen LogP contribution in [-0.2, 0) is 6.42 Å². The minimum atomic E-state index is -4.83. The summed E-state index contributed by atoms with van der Waals surface area (Å²) in [7, 11) is 0. The zero-order chi connectivity index (χ0) is 24.7. The normalized spacial score (nSPS) is 18.2. The fourth-order valence-corrected chi connectivity index (χ4v) is 5.40. The molecule has 8 nitrogen and oxygen atoms in total. The van der Waals surface area contributed by atoms with Crippen molar-refractivity contribution in [2.24, 2.45) is 0 Å². The fraction of sp³-hybridized carbons (Fsp3) is 0.391. The van der Waals surface area contributed by atoms with E-state index >= 15 is 0 Å². The Bertz CT molecular complexity index is 1270. The third kappa shape index (κ3) is 4.94. The van der Waals surface area contributed by atoms with Crippen molar-refractivity contribution in [1.82, 2.24) is 15.6 Å². The Morgan fingerprint density at radius 2 is 2.09 bits per heavy atom. The van der Waals surface area contributed by atoms with E-state index in [0.29, 0.717) is 70.4 Å². The number of carbonyl (C=O) groups excluding carboxylic acids is 1. The third-order valence-corrected chi connectivity index (χ3v) is 7.12. The van der Waals surface area contributed by atoms with E-state index in [1.165, 1.54) is 17.4 Å². The number of nitrogens with two attached hydrogens (primary N) is 1. The molecule has 3 aromatic rings. The van der Waals surface area contributed by atoms with Crippen molar-refractivity contribution < 1.29 is 27.4 Å². The smallest absolute Gasteiger partial charge is 0.491 e. The second-order valence-electron chi connectivity index (χ2n) is 8.55. The number of pyridine rings is 1. The van der Waals surface area contributed by atoms with Gasteiger partial charge in [-0.2, -0.15) is 0 Å².